The standard InChI is InChI=1S/C23H15BrI2N2O2/c24-18-6-8-19(9-7-18)28-23(29)17(13-27)10-16-11-20(25)22(21(26)12-16)30-14-15-4-2-1-3-5-15/h1-12H,14H2,(H,28,29)/b17-10-. The van der Waals surface area contributed by atoms with Crippen LogP contribution in [-0.4, -0.2) is 5.91 Å². The minimum atomic E-state index is -0.450. The van der Waals surface area contributed by atoms with Crippen LogP contribution < -0.4 is 10.1 Å². The largest absolute Gasteiger partial charge is 0.487 e. The van der Waals surface area contributed by atoms with Crippen molar-refractivity contribution in [2.75, 3.05) is 5.32 Å². The zero-order valence-electron chi connectivity index (χ0n) is 15.5. The summed E-state index contributed by atoms with van der Waals surface area (Å²) in [5, 5.41) is 12.2. The molecule has 0 radical (unpaired) electrons. The number of hydrogen-bond donors (Lipinski definition) is 1. The predicted molar refractivity (Wildman–Crippen MR) is 139 cm³/mol. The fourth-order valence-corrected chi connectivity index (χ4v) is 4.97. The van der Waals surface area contributed by atoms with Crippen molar-refractivity contribution in [3.8, 4) is 11.8 Å². The van der Waals surface area contributed by atoms with Crippen LogP contribution in [0.4, 0.5) is 5.69 Å². The molecule has 0 atom stereocenters. The highest BCUT2D eigenvalue weighted by Crippen LogP contribution is 2.30. The molecule has 0 aliphatic carbocycles. The molecule has 7 heteroatoms. The van der Waals surface area contributed by atoms with Crippen LogP contribution in [0.5, 0.6) is 5.75 Å². The zero-order valence-corrected chi connectivity index (χ0v) is 21.4. The summed E-state index contributed by atoms with van der Waals surface area (Å²) in [7, 11) is 0. The van der Waals surface area contributed by atoms with Crippen molar-refractivity contribution in [3.05, 3.63) is 95.0 Å². The van der Waals surface area contributed by atoms with Gasteiger partial charge in [-0.2, -0.15) is 5.26 Å². The number of carbonyl (C=O) groups excluding carboxylic acids is 1. The van der Waals surface area contributed by atoms with Crippen molar-refractivity contribution in [3.63, 3.8) is 0 Å². The number of amides is 1. The third kappa shape index (κ3) is 6.30. The highest BCUT2D eigenvalue weighted by atomic mass is 127. The van der Waals surface area contributed by atoms with E-state index in [2.05, 4.69) is 66.4 Å². The number of carbonyl (C=O) groups is 1. The van der Waals surface area contributed by atoms with Crippen molar-refractivity contribution in [1.82, 2.24) is 0 Å². The summed E-state index contributed by atoms with van der Waals surface area (Å²) in [5.41, 5.74) is 2.50. The van der Waals surface area contributed by atoms with Gasteiger partial charge in [0, 0.05) is 10.2 Å². The maximum Gasteiger partial charge on any atom is 0.266 e. The summed E-state index contributed by atoms with van der Waals surface area (Å²) in [6.45, 7) is 0.473. The Kier molecular flexibility index (Phi) is 8.30. The molecule has 0 unspecified atom stereocenters. The summed E-state index contributed by atoms with van der Waals surface area (Å²) >= 11 is 7.76. The van der Waals surface area contributed by atoms with Gasteiger partial charge in [-0.3, -0.25) is 4.79 Å². The van der Waals surface area contributed by atoms with Crippen molar-refractivity contribution in [2.45, 2.75) is 6.61 Å². The third-order valence-corrected chi connectivity index (χ3v) is 6.16. The van der Waals surface area contributed by atoms with E-state index in [1.165, 1.54) is 0 Å². The lowest BCUT2D eigenvalue weighted by molar-refractivity contribution is -0.112. The van der Waals surface area contributed by atoms with Crippen LogP contribution in [-0.2, 0) is 11.4 Å². The minimum Gasteiger partial charge on any atom is -0.487 e. The number of anilines is 1. The van der Waals surface area contributed by atoms with Gasteiger partial charge in [-0.05, 0) is 98.8 Å². The molecule has 0 saturated carbocycles. The molecule has 3 aromatic carbocycles. The number of nitriles is 1. The highest BCUT2D eigenvalue weighted by molar-refractivity contribution is 14.1. The van der Waals surface area contributed by atoms with E-state index >= 15 is 0 Å². The summed E-state index contributed by atoms with van der Waals surface area (Å²) in [4.78, 5) is 12.5. The van der Waals surface area contributed by atoms with E-state index in [9.17, 15) is 10.1 Å². The fourth-order valence-electron chi connectivity index (χ4n) is 2.58. The van der Waals surface area contributed by atoms with Crippen LogP contribution in [0.2, 0.25) is 0 Å². The lowest BCUT2D eigenvalue weighted by Crippen LogP contribution is -2.13. The highest BCUT2D eigenvalue weighted by Gasteiger charge is 2.13. The molecule has 0 aliphatic heterocycles. The molecule has 0 aliphatic rings. The number of benzene rings is 3. The van der Waals surface area contributed by atoms with Gasteiger partial charge in [0.1, 0.15) is 24.0 Å². The number of nitrogens with zero attached hydrogens (tertiary/aromatic N) is 1. The number of ether oxygens (including phenoxy) is 1. The van der Waals surface area contributed by atoms with Crippen LogP contribution in [0.15, 0.2) is 76.8 Å². The van der Waals surface area contributed by atoms with E-state index in [4.69, 9.17) is 4.74 Å². The Bertz CT molecular complexity index is 1100. The topological polar surface area (TPSA) is 62.1 Å². The number of rotatable bonds is 6. The lowest BCUT2D eigenvalue weighted by Gasteiger charge is -2.12. The van der Waals surface area contributed by atoms with Gasteiger partial charge < -0.3 is 10.1 Å². The van der Waals surface area contributed by atoms with Gasteiger partial charge in [0.15, 0.2) is 0 Å². The third-order valence-electron chi connectivity index (χ3n) is 4.02. The molecule has 0 bridgehead atoms. The number of hydrogen-bond acceptors (Lipinski definition) is 3. The quantitative estimate of drug-likeness (QED) is 0.177. The monoisotopic (exact) mass is 684 g/mol. The second-order valence-corrected chi connectivity index (χ2v) is 9.46. The summed E-state index contributed by atoms with van der Waals surface area (Å²) in [6.07, 6.45) is 1.58. The van der Waals surface area contributed by atoms with Crippen molar-refractivity contribution in [2.24, 2.45) is 0 Å². The SMILES string of the molecule is N#C/C(=C/c1cc(I)c(OCc2ccccc2)c(I)c1)C(=O)Nc1ccc(Br)cc1. The fraction of sp³-hybridized carbons (Fsp3) is 0.0435. The van der Waals surface area contributed by atoms with Crippen LogP contribution in [0.25, 0.3) is 6.08 Å². The van der Waals surface area contributed by atoms with Gasteiger partial charge in [-0.1, -0.05) is 46.3 Å². The molecule has 30 heavy (non-hydrogen) atoms. The van der Waals surface area contributed by atoms with Crippen LogP contribution in [0, 0.1) is 18.5 Å². The maximum absolute atomic E-state index is 12.5. The zero-order chi connectivity index (χ0) is 21.5. The molecule has 1 N–H and O–H groups in total. The number of nitrogens with one attached hydrogen (secondary N) is 1. The van der Waals surface area contributed by atoms with E-state index in [0.29, 0.717) is 12.3 Å². The van der Waals surface area contributed by atoms with Gasteiger partial charge >= 0.3 is 0 Å². The predicted octanol–water partition coefficient (Wildman–Crippen LogP) is 6.78. The Labute approximate surface area is 210 Å². The molecular formula is C23H15BrI2N2O2. The van der Waals surface area contributed by atoms with Gasteiger partial charge in [0.2, 0.25) is 0 Å². The first kappa shape index (κ1) is 22.8. The Hall–Kier alpha value is -1.90. The first-order chi connectivity index (χ1) is 14.5. The molecule has 0 spiro atoms. The normalized spacial score (nSPS) is 10.9. The van der Waals surface area contributed by atoms with Gasteiger partial charge in [-0.15, -0.1) is 0 Å². The van der Waals surface area contributed by atoms with Gasteiger partial charge in [0.05, 0.1) is 7.14 Å². The van der Waals surface area contributed by atoms with Crippen LogP contribution in [0.1, 0.15) is 11.1 Å². The lowest BCUT2D eigenvalue weighted by atomic mass is 10.1. The molecule has 3 rings (SSSR count). The van der Waals surface area contributed by atoms with E-state index < -0.39 is 5.91 Å². The van der Waals surface area contributed by atoms with E-state index in [0.717, 1.165) is 28.5 Å². The van der Waals surface area contributed by atoms with Crippen molar-refractivity contribution < 1.29 is 9.53 Å². The second-order valence-electron chi connectivity index (χ2n) is 6.22. The summed E-state index contributed by atoms with van der Waals surface area (Å²) < 4.78 is 8.72. The molecule has 0 fully saturated rings. The average molecular weight is 685 g/mol. The summed E-state index contributed by atoms with van der Waals surface area (Å²) in [5.74, 6) is 0.337. The Morgan fingerprint density at radius 2 is 1.70 bits per heavy atom. The Morgan fingerprint density at radius 3 is 2.30 bits per heavy atom. The second kappa shape index (κ2) is 10.9. The van der Waals surface area contributed by atoms with Gasteiger partial charge in [0.25, 0.3) is 5.91 Å². The van der Waals surface area contributed by atoms with Crippen molar-refractivity contribution >= 4 is 78.8 Å². The van der Waals surface area contributed by atoms with E-state index in [1.807, 2.05) is 60.7 Å². The van der Waals surface area contributed by atoms with E-state index in [1.54, 1.807) is 18.2 Å². The van der Waals surface area contributed by atoms with E-state index in [-0.39, 0.29) is 5.57 Å². The molecular weight excluding hydrogens is 670 g/mol. The first-order valence-electron chi connectivity index (χ1n) is 8.81. The average Bonchev–Trinajstić information content (AvgIpc) is 2.73. The number of halogens is 3. The molecule has 0 heterocycles. The molecule has 150 valence electrons. The van der Waals surface area contributed by atoms with Crippen LogP contribution >= 0.6 is 61.1 Å². The summed E-state index contributed by atoms with van der Waals surface area (Å²) in [6, 6.07) is 22.9. The van der Waals surface area contributed by atoms with Gasteiger partial charge in [-0.25, -0.2) is 0 Å². The minimum absolute atomic E-state index is 0.0301. The maximum atomic E-state index is 12.5. The molecule has 1 amide bonds. The van der Waals surface area contributed by atoms with Crippen LogP contribution in [0.3, 0.4) is 0 Å². The first-order valence-corrected chi connectivity index (χ1v) is 11.8. The molecule has 4 nitrogen and oxygen atoms in total. The molecule has 0 saturated heterocycles. The Morgan fingerprint density at radius 1 is 1.07 bits per heavy atom. The smallest absolute Gasteiger partial charge is 0.266 e. The molecule has 3 aromatic rings. The van der Waals surface area contributed by atoms with Crippen molar-refractivity contribution in [1.29, 1.82) is 5.26 Å². The molecule has 0 aromatic heterocycles. The Balaban J connectivity index is 1.76.